The normalized spacial score (nSPS) is 20.9. The van der Waals surface area contributed by atoms with E-state index in [-0.39, 0.29) is 10.8 Å². The fourth-order valence-electron chi connectivity index (χ4n) is 2.65. The zero-order chi connectivity index (χ0) is 16.5. The standard InChI is InChI=1S/C14H24N4O3S/c1-5-17-10-13(8-15-17)22(20,21)18-7-6-16(9-11(2)3)14(19)12(18)4/h8,10-12H,5-7,9H2,1-4H3. The summed E-state index contributed by atoms with van der Waals surface area (Å²) >= 11 is 0. The number of hydrogen-bond donors (Lipinski definition) is 0. The van der Waals surface area contributed by atoms with Crippen LogP contribution in [-0.4, -0.2) is 59.0 Å². The van der Waals surface area contributed by atoms with Gasteiger partial charge in [0.2, 0.25) is 15.9 Å². The highest BCUT2D eigenvalue weighted by Crippen LogP contribution is 2.22. The molecule has 0 saturated carbocycles. The minimum Gasteiger partial charge on any atom is -0.340 e. The fourth-order valence-corrected chi connectivity index (χ4v) is 4.18. The van der Waals surface area contributed by atoms with Crippen molar-refractivity contribution in [1.29, 1.82) is 0 Å². The van der Waals surface area contributed by atoms with Crippen molar-refractivity contribution in [3.05, 3.63) is 12.4 Å². The van der Waals surface area contributed by atoms with Crippen LogP contribution in [0.2, 0.25) is 0 Å². The van der Waals surface area contributed by atoms with Crippen molar-refractivity contribution in [3.8, 4) is 0 Å². The van der Waals surface area contributed by atoms with Gasteiger partial charge >= 0.3 is 0 Å². The van der Waals surface area contributed by atoms with Crippen molar-refractivity contribution in [2.24, 2.45) is 5.92 Å². The van der Waals surface area contributed by atoms with E-state index in [2.05, 4.69) is 5.10 Å². The monoisotopic (exact) mass is 328 g/mol. The maximum Gasteiger partial charge on any atom is 0.246 e. The minimum absolute atomic E-state index is 0.133. The predicted octanol–water partition coefficient (Wildman–Crippen LogP) is 0.780. The number of rotatable bonds is 5. The third kappa shape index (κ3) is 3.17. The number of hydrogen-bond acceptors (Lipinski definition) is 4. The molecule has 1 unspecified atom stereocenters. The molecule has 1 atom stereocenters. The molecule has 22 heavy (non-hydrogen) atoms. The topological polar surface area (TPSA) is 75.5 Å². The summed E-state index contributed by atoms with van der Waals surface area (Å²) < 4.78 is 28.3. The second-order valence-electron chi connectivity index (χ2n) is 6.00. The molecule has 0 aromatic carbocycles. The zero-order valence-electron chi connectivity index (χ0n) is 13.6. The van der Waals surface area contributed by atoms with Gasteiger partial charge in [-0.3, -0.25) is 9.48 Å². The van der Waals surface area contributed by atoms with Crippen molar-refractivity contribution >= 4 is 15.9 Å². The molecule has 1 aliphatic rings. The average molecular weight is 328 g/mol. The number of nitrogens with zero attached hydrogens (tertiary/aromatic N) is 4. The van der Waals surface area contributed by atoms with Gasteiger partial charge in [0.25, 0.3) is 0 Å². The molecule has 0 N–H and O–H groups in total. The van der Waals surface area contributed by atoms with Crippen LogP contribution in [0.15, 0.2) is 17.3 Å². The summed E-state index contributed by atoms with van der Waals surface area (Å²) in [5.74, 6) is 0.230. The molecule has 1 fully saturated rings. The summed E-state index contributed by atoms with van der Waals surface area (Å²) in [5.41, 5.74) is 0. The Bertz CT molecular complexity index is 638. The maximum atomic E-state index is 12.7. The van der Waals surface area contributed by atoms with Crippen LogP contribution in [0.3, 0.4) is 0 Å². The van der Waals surface area contributed by atoms with Gasteiger partial charge in [0.15, 0.2) is 0 Å². The molecule has 1 amide bonds. The lowest BCUT2D eigenvalue weighted by atomic mass is 10.1. The van der Waals surface area contributed by atoms with Crippen molar-refractivity contribution in [2.75, 3.05) is 19.6 Å². The molecule has 8 heteroatoms. The Balaban J connectivity index is 2.21. The fraction of sp³-hybridized carbons (Fsp3) is 0.714. The van der Waals surface area contributed by atoms with Gasteiger partial charge in [-0.25, -0.2) is 8.42 Å². The number of carbonyl (C=O) groups excluding carboxylic acids is 1. The summed E-state index contributed by atoms with van der Waals surface area (Å²) in [6, 6.07) is -0.678. The summed E-state index contributed by atoms with van der Waals surface area (Å²) in [6.45, 7) is 9.63. The van der Waals surface area contributed by atoms with Crippen LogP contribution >= 0.6 is 0 Å². The molecule has 0 bridgehead atoms. The lowest BCUT2D eigenvalue weighted by molar-refractivity contribution is -0.138. The smallest absolute Gasteiger partial charge is 0.246 e. The van der Waals surface area contributed by atoms with Crippen LogP contribution in [0, 0.1) is 5.92 Å². The molecule has 124 valence electrons. The maximum absolute atomic E-state index is 12.7. The van der Waals surface area contributed by atoms with Gasteiger partial charge in [0, 0.05) is 32.4 Å². The van der Waals surface area contributed by atoms with Crippen molar-refractivity contribution in [3.63, 3.8) is 0 Å². The molecule has 0 radical (unpaired) electrons. The van der Waals surface area contributed by atoms with Crippen LogP contribution in [0.1, 0.15) is 27.7 Å². The van der Waals surface area contributed by atoms with Crippen LogP contribution in [0.4, 0.5) is 0 Å². The molecule has 7 nitrogen and oxygen atoms in total. The quantitative estimate of drug-likeness (QED) is 0.800. The van der Waals surface area contributed by atoms with E-state index in [4.69, 9.17) is 0 Å². The highest BCUT2D eigenvalue weighted by molar-refractivity contribution is 7.89. The van der Waals surface area contributed by atoms with E-state index in [1.807, 2.05) is 20.8 Å². The number of aromatic nitrogens is 2. The Kier molecular flexibility index (Phi) is 4.91. The summed E-state index contributed by atoms with van der Waals surface area (Å²) in [4.78, 5) is 14.3. The third-order valence-corrected chi connectivity index (χ3v) is 5.74. The van der Waals surface area contributed by atoms with Crippen molar-refractivity contribution in [1.82, 2.24) is 19.0 Å². The summed E-state index contributed by atoms with van der Waals surface area (Å²) in [6.07, 6.45) is 2.85. The number of sulfonamides is 1. The molecule has 1 aromatic heterocycles. The largest absolute Gasteiger partial charge is 0.340 e. The van der Waals surface area contributed by atoms with Crippen LogP contribution in [-0.2, 0) is 21.4 Å². The van der Waals surface area contributed by atoms with Gasteiger partial charge in [0.05, 0.1) is 6.20 Å². The first-order chi connectivity index (χ1) is 10.3. The van der Waals surface area contributed by atoms with E-state index in [1.165, 1.54) is 16.7 Å². The first-order valence-electron chi connectivity index (χ1n) is 7.60. The second kappa shape index (κ2) is 6.37. The lowest BCUT2D eigenvalue weighted by Crippen LogP contribution is -2.57. The molecule has 1 aromatic rings. The zero-order valence-corrected chi connectivity index (χ0v) is 14.4. The molecule has 0 spiro atoms. The molecule has 0 aliphatic carbocycles. The Morgan fingerprint density at radius 2 is 2.05 bits per heavy atom. The van der Waals surface area contributed by atoms with Gasteiger partial charge in [-0.05, 0) is 19.8 Å². The molecule has 1 saturated heterocycles. The predicted molar refractivity (Wildman–Crippen MR) is 82.7 cm³/mol. The number of piperazine rings is 1. The Hall–Kier alpha value is -1.41. The third-order valence-electron chi connectivity index (χ3n) is 3.82. The van der Waals surface area contributed by atoms with Gasteiger partial charge in [-0.2, -0.15) is 9.40 Å². The van der Waals surface area contributed by atoms with E-state index in [1.54, 1.807) is 16.5 Å². The molecule has 2 heterocycles. The minimum atomic E-state index is -3.68. The molecular formula is C14H24N4O3S. The summed E-state index contributed by atoms with van der Waals surface area (Å²) in [7, 11) is -3.68. The second-order valence-corrected chi connectivity index (χ2v) is 7.89. The van der Waals surface area contributed by atoms with Crippen LogP contribution in [0.5, 0.6) is 0 Å². The number of aryl methyl sites for hydroxylation is 1. The van der Waals surface area contributed by atoms with E-state index < -0.39 is 16.1 Å². The van der Waals surface area contributed by atoms with E-state index in [0.717, 1.165) is 0 Å². The van der Waals surface area contributed by atoms with E-state index in [0.29, 0.717) is 32.1 Å². The van der Waals surface area contributed by atoms with Gasteiger partial charge in [0.1, 0.15) is 10.9 Å². The Morgan fingerprint density at radius 3 is 2.59 bits per heavy atom. The number of carbonyl (C=O) groups is 1. The van der Waals surface area contributed by atoms with Crippen LogP contribution < -0.4 is 0 Å². The lowest BCUT2D eigenvalue weighted by Gasteiger charge is -2.38. The number of amides is 1. The van der Waals surface area contributed by atoms with Gasteiger partial charge in [-0.1, -0.05) is 13.8 Å². The van der Waals surface area contributed by atoms with E-state index in [9.17, 15) is 13.2 Å². The molecule has 1 aliphatic heterocycles. The molecule has 2 rings (SSSR count). The Morgan fingerprint density at radius 1 is 1.36 bits per heavy atom. The van der Waals surface area contributed by atoms with Crippen molar-refractivity contribution < 1.29 is 13.2 Å². The summed E-state index contributed by atoms with van der Waals surface area (Å²) in [5, 5.41) is 4.01. The SMILES string of the molecule is CCn1cc(S(=O)(=O)N2CCN(CC(C)C)C(=O)C2C)cn1. The van der Waals surface area contributed by atoms with E-state index >= 15 is 0 Å². The van der Waals surface area contributed by atoms with Gasteiger partial charge < -0.3 is 4.90 Å². The Labute approximate surface area is 131 Å². The van der Waals surface area contributed by atoms with Gasteiger partial charge in [-0.15, -0.1) is 0 Å². The highest BCUT2D eigenvalue weighted by Gasteiger charge is 2.39. The first-order valence-corrected chi connectivity index (χ1v) is 9.04. The van der Waals surface area contributed by atoms with Crippen molar-refractivity contribution in [2.45, 2.75) is 45.2 Å². The average Bonchev–Trinajstić information content (AvgIpc) is 2.93. The highest BCUT2D eigenvalue weighted by atomic mass is 32.2. The first kappa shape index (κ1) is 17.0. The van der Waals surface area contributed by atoms with Crippen LogP contribution in [0.25, 0.3) is 0 Å². The molecular weight excluding hydrogens is 304 g/mol.